The van der Waals surface area contributed by atoms with Gasteiger partial charge in [-0.05, 0) is 53.6 Å². The second kappa shape index (κ2) is 11.9. The molecule has 13 nitrogen and oxygen atoms in total. The molecular weight excluding hydrogens is 666 g/mol. The van der Waals surface area contributed by atoms with E-state index in [4.69, 9.17) is 34.9 Å². The predicted octanol–water partition coefficient (Wildman–Crippen LogP) is 4.80. The number of carbonyl (C=O) groups is 3. The molecule has 2 aromatic carbocycles. The molecule has 2 aromatic heterocycles. The summed E-state index contributed by atoms with van der Waals surface area (Å²) in [6.07, 6.45) is 2.51. The molecule has 0 radical (unpaired) electrons. The molecule has 0 saturated heterocycles. The largest absolute Gasteiger partial charge is 0.469 e. The van der Waals surface area contributed by atoms with Gasteiger partial charge in [0.25, 0.3) is 11.8 Å². The molecule has 2 unspecified atom stereocenters. The van der Waals surface area contributed by atoms with Crippen molar-refractivity contribution in [3.63, 3.8) is 0 Å². The van der Waals surface area contributed by atoms with Crippen LogP contribution in [0.3, 0.4) is 0 Å². The summed E-state index contributed by atoms with van der Waals surface area (Å²) in [6.45, 7) is 3.81. The van der Waals surface area contributed by atoms with Crippen molar-refractivity contribution in [1.29, 1.82) is 0 Å². The molecule has 4 aromatic rings. The Bertz CT molecular complexity index is 2030. The molecule has 4 N–H and O–H groups in total. The average molecular weight is 702 g/mol. The van der Waals surface area contributed by atoms with Gasteiger partial charge in [0.05, 0.1) is 7.11 Å². The number of hydrogen-bond donors (Lipinski definition) is 4. The number of carbonyl (C=O) groups excluding carboxylic acids is 3. The Hall–Kier alpha value is -4.88. The third kappa shape index (κ3) is 4.89. The number of fused-ring (bicyclic) bond motifs is 4. The van der Waals surface area contributed by atoms with E-state index >= 15 is 0 Å². The highest BCUT2D eigenvalue weighted by Crippen LogP contribution is 2.59. The van der Waals surface area contributed by atoms with Crippen LogP contribution in [0.15, 0.2) is 51.3 Å². The Kier molecular flexibility index (Phi) is 7.68. The number of hydrogen-bond acceptors (Lipinski definition) is 11. The Morgan fingerprint density at radius 3 is 2.60 bits per heavy atom. The number of para-hydroxylation sites is 1. The van der Waals surface area contributed by atoms with E-state index in [0.717, 1.165) is 41.6 Å². The third-order valence-electron chi connectivity index (χ3n) is 10.3. The lowest BCUT2D eigenvalue weighted by Crippen LogP contribution is -2.56. The summed E-state index contributed by atoms with van der Waals surface area (Å²) in [4.78, 5) is 49.6. The molecular formula is C36H36ClN5O8. The van der Waals surface area contributed by atoms with Crippen LogP contribution >= 0.6 is 11.6 Å². The van der Waals surface area contributed by atoms with Gasteiger partial charge in [0.15, 0.2) is 17.7 Å². The van der Waals surface area contributed by atoms with Crippen molar-refractivity contribution in [2.24, 2.45) is 5.92 Å². The molecule has 8 rings (SSSR count). The van der Waals surface area contributed by atoms with Gasteiger partial charge in [-0.1, -0.05) is 63.4 Å². The Morgan fingerprint density at radius 2 is 1.84 bits per heavy atom. The second-order valence-corrected chi connectivity index (χ2v) is 14.1. The van der Waals surface area contributed by atoms with E-state index in [1.807, 2.05) is 56.3 Å². The van der Waals surface area contributed by atoms with Gasteiger partial charge in [-0.25, -0.2) is 9.78 Å². The molecule has 5 heterocycles. The number of benzene rings is 2. The third-order valence-corrected chi connectivity index (χ3v) is 10.6. The number of esters is 1. The zero-order chi connectivity index (χ0) is 34.9. The SMILES string of the molecule is COC(=O)c1nc(-c2nc3oc2C24c5ccccc5NC2Oc2ccc(cc24)C[C@H](NC(=O)C2(O)CCCCC2)C(=O)N[C@H]3C(C)C)oc1Cl. The Morgan fingerprint density at radius 1 is 1.06 bits per heavy atom. The Balaban J connectivity index is 1.34. The summed E-state index contributed by atoms with van der Waals surface area (Å²) in [7, 11) is 1.21. The quantitative estimate of drug-likeness (QED) is 0.210. The maximum absolute atomic E-state index is 14.2. The van der Waals surface area contributed by atoms with Crippen molar-refractivity contribution in [2.75, 3.05) is 12.4 Å². The van der Waals surface area contributed by atoms with E-state index in [1.165, 1.54) is 7.11 Å². The van der Waals surface area contributed by atoms with Gasteiger partial charge in [0, 0.05) is 17.7 Å². The minimum atomic E-state index is -1.55. The molecule has 3 aliphatic heterocycles. The normalized spacial score (nSPS) is 24.5. The number of oxazole rings is 2. The highest BCUT2D eigenvalue weighted by atomic mass is 35.5. The molecule has 50 heavy (non-hydrogen) atoms. The van der Waals surface area contributed by atoms with Crippen LogP contribution in [0.25, 0.3) is 11.6 Å². The lowest BCUT2D eigenvalue weighted by Gasteiger charge is -2.33. The summed E-state index contributed by atoms with van der Waals surface area (Å²) in [6, 6.07) is 11.6. The van der Waals surface area contributed by atoms with E-state index in [9.17, 15) is 19.5 Å². The van der Waals surface area contributed by atoms with Crippen molar-refractivity contribution in [1.82, 2.24) is 20.6 Å². The molecule has 1 saturated carbocycles. The van der Waals surface area contributed by atoms with Crippen LogP contribution in [-0.2, 0) is 26.2 Å². The summed E-state index contributed by atoms with van der Waals surface area (Å²) in [5.74, 6) is -1.12. The zero-order valence-electron chi connectivity index (χ0n) is 27.7. The Labute approximate surface area is 292 Å². The molecule has 2 amide bonds. The first kappa shape index (κ1) is 32.3. The molecule has 4 bridgehead atoms. The highest BCUT2D eigenvalue weighted by Gasteiger charge is 2.61. The summed E-state index contributed by atoms with van der Waals surface area (Å²) < 4.78 is 24.1. The van der Waals surface area contributed by atoms with Crippen LogP contribution in [-0.4, -0.2) is 57.8 Å². The maximum Gasteiger partial charge on any atom is 0.361 e. The zero-order valence-corrected chi connectivity index (χ0v) is 28.4. The van der Waals surface area contributed by atoms with Gasteiger partial charge in [0.1, 0.15) is 28.8 Å². The first-order valence-corrected chi connectivity index (χ1v) is 17.2. The lowest BCUT2D eigenvalue weighted by molar-refractivity contribution is -0.145. The number of anilines is 1. The maximum atomic E-state index is 14.2. The van der Waals surface area contributed by atoms with Crippen molar-refractivity contribution < 1.29 is 37.8 Å². The molecule has 260 valence electrons. The molecule has 1 aliphatic carbocycles. The summed E-state index contributed by atoms with van der Waals surface area (Å²) in [5.41, 5.74) is 0.352. The number of aromatic nitrogens is 2. The number of ether oxygens (including phenoxy) is 2. The fraction of sp³-hybridized carbons (Fsp3) is 0.417. The van der Waals surface area contributed by atoms with Crippen LogP contribution < -0.4 is 20.7 Å². The molecule has 1 spiro atoms. The van der Waals surface area contributed by atoms with Gasteiger partial charge >= 0.3 is 5.97 Å². The number of methoxy groups -OCH3 is 1. The van der Waals surface area contributed by atoms with Gasteiger partial charge in [-0.2, -0.15) is 4.98 Å². The predicted molar refractivity (Wildman–Crippen MR) is 179 cm³/mol. The minimum Gasteiger partial charge on any atom is -0.469 e. The van der Waals surface area contributed by atoms with Crippen LogP contribution in [0.5, 0.6) is 5.75 Å². The van der Waals surface area contributed by atoms with Crippen molar-refractivity contribution >= 4 is 35.1 Å². The van der Waals surface area contributed by atoms with Gasteiger partial charge in [0.2, 0.25) is 22.7 Å². The van der Waals surface area contributed by atoms with Crippen LogP contribution in [0, 0.1) is 5.92 Å². The van der Waals surface area contributed by atoms with Crippen molar-refractivity contribution in [3.8, 4) is 17.3 Å². The van der Waals surface area contributed by atoms with Crippen molar-refractivity contribution in [3.05, 3.63) is 81.7 Å². The van der Waals surface area contributed by atoms with E-state index in [0.29, 0.717) is 24.4 Å². The minimum absolute atomic E-state index is 0.0860. The topological polar surface area (TPSA) is 178 Å². The van der Waals surface area contributed by atoms with Crippen molar-refractivity contribution in [2.45, 2.75) is 81.7 Å². The number of amides is 2. The van der Waals surface area contributed by atoms with Crippen LogP contribution in [0.2, 0.25) is 5.22 Å². The van der Waals surface area contributed by atoms with E-state index in [1.54, 1.807) is 0 Å². The van der Waals surface area contributed by atoms with E-state index in [-0.39, 0.29) is 40.7 Å². The number of rotatable bonds is 5. The fourth-order valence-electron chi connectivity index (χ4n) is 7.73. The van der Waals surface area contributed by atoms with Gasteiger partial charge < -0.3 is 39.4 Å². The first-order chi connectivity index (χ1) is 24.0. The molecule has 4 atom stereocenters. The average Bonchev–Trinajstić information content (AvgIpc) is 3.86. The molecule has 4 aliphatic rings. The van der Waals surface area contributed by atoms with Gasteiger partial charge in [-0.3, -0.25) is 9.59 Å². The number of nitrogens with one attached hydrogen (secondary N) is 3. The first-order valence-electron chi connectivity index (χ1n) is 16.8. The van der Waals surface area contributed by atoms with E-state index < -0.39 is 47.1 Å². The monoisotopic (exact) mass is 701 g/mol. The molecule has 14 heteroatoms. The van der Waals surface area contributed by atoms with Crippen LogP contribution in [0.1, 0.15) is 90.8 Å². The number of halogens is 1. The number of aliphatic hydroxyl groups is 1. The fourth-order valence-corrected chi connectivity index (χ4v) is 7.92. The number of nitrogens with zero attached hydrogens (tertiary/aromatic N) is 2. The lowest BCUT2D eigenvalue weighted by atomic mass is 9.72. The molecule has 1 fully saturated rings. The smallest absolute Gasteiger partial charge is 0.361 e. The van der Waals surface area contributed by atoms with Gasteiger partial charge in [-0.15, -0.1) is 0 Å². The summed E-state index contributed by atoms with van der Waals surface area (Å²) in [5, 5.41) is 20.4. The highest BCUT2D eigenvalue weighted by molar-refractivity contribution is 6.31. The van der Waals surface area contributed by atoms with Crippen LogP contribution in [0.4, 0.5) is 5.69 Å². The summed E-state index contributed by atoms with van der Waals surface area (Å²) >= 11 is 6.36. The second-order valence-electron chi connectivity index (χ2n) is 13.7. The standard InChI is InChI=1S/C36H36ClN5O8/c1-17(2)24-30-41-25(31-42-26(28(37)50-31)32(44)47-3)27(49-30)36-19-9-5-6-10-21(19)39-34(36)48-23-12-11-18(15-20(23)36)16-22(29(43)40-24)38-33(45)35(46)13-7-4-8-14-35/h5-6,9-12,15,17,22,24,34,39,46H,4,7-8,13-14,16H2,1-3H3,(H,38,45)(H,40,43)/t22-,24-,34?,36?/m0/s1. The van der Waals surface area contributed by atoms with E-state index in [2.05, 4.69) is 20.9 Å².